The molecule has 0 aliphatic carbocycles. The molecule has 1 atom stereocenters. The van der Waals surface area contributed by atoms with Gasteiger partial charge in [-0.15, -0.1) is 0 Å². The number of nitrogens with one attached hydrogen (secondary N) is 1. The van der Waals surface area contributed by atoms with Crippen LogP contribution < -0.4 is 14.8 Å². The van der Waals surface area contributed by atoms with Crippen LogP contribution in [0.5, 0.6) is 17.2 Å². The van der Waals surface area contributed by atoms with E-state index in [1.54, 1.807) is 6.07 Å². The number of hydrogen-bond acceptors (Lipinski definition) is 5. The van der Waals surface area contributed by atoms with Crippen molar-refractivity contribution < 1.29 is 14.6 Å². The number of rotatable bonds is 4. The molecule has 0 amide bonds. The summed E-state index contributed by atoms with van der Waals surface area (Å²) in [6.45, 7) is 1.91. The fraction of sp³-hybridized carbons (Fsp3) is 0.571. The van der Waals surface area contributed by atoms with Crippen molar-refractivity contribution in [1.29, 1.82) is 0 Å². The van der Waals surface area contributed by atoms with Gasteiger partial charge in [-0.25, -0.2) is 0 Å². The zero-order valence-corrected chi connectivity index (χ0v) is 11.7. The predicted octanol–water partition coefficient (Wildman–Crippen LogP) is 2.50. The summed E-state index contributed by atoms with van der Waals surface area (Å²) in [5, 5.41) is 14.1. The van der Waals surface area contributed by atoms with Crippen LogP contribution in [0, 0.1) is 0 Å². The first-order chi connectivity index (χ1) is 9.33. The average molecular weight is 281 g/mol. The minimum absolute atomic E-state index is 0.240. The van der Waals surface area contributed by atoms with E-state index in [0.717, 1.165) is 17.9 Å². The SMILES string of the molecule is Oc1cc2c(cc1CNCC1CCCCS1)OCO2. The van der Waals surface area contributed by atoms with Crippen molar-refractivity contribution in [3.8, 4) is 17.2 Å². The van der Waals surface area contributed by atoms with Crippen LogP contribution in [0.1, 0.15) is 24.8 Å². The molecule has 1 aromatic carbocycles. The Morgan fingerprint density at radius 1 is 1.26 bits per heavy atom. The molecule has 104 valence electrons. The van der Waals surface area contributed by atoms with Crippen LogP contribution in [-0.2, 0) is 6.54 Å². The van der Waals surface area contributed by atoms with Crippen LogP contribution in [0.15, 0.2) is 12.1 Å². The number of fused-ring (bicyclic) bond motifs is 1. The highest BCUT2D eigenvalue weighted by atomic mass is 32.2. The Morgan fingerprint density at radius 3 is 2.89 bits per heavy atom. The highest BCUT2D eigenvalue weighted by Crippen LogP contribution is 2.37. The molecule has 0 spiro atoms. The molecule has 4 nitrogen and oxygen atoms in total. The Kier molecular flexibility index (Phi) is 4.03. The zero-order valence-electron chi connectivity index (χ0n) is 10.9. The minimum atomic E-state index is 0.240. The lowest BCUT2D eigenvalue weighted by molar-refractivity contribution is 0.174. The molecule has 0 aromatic heterocycles. The molecular weight excluding hydrogens is 262 g/mol. The molecule has 19 heavy (non-hydrogen) atoms. The Balaban J connectivity index is 1.54. The van der Waals surface area contributed by atoms with Gasteiger partial charge in [0.25, 0.3) is 0 Å². The standard InChI is InChI=1S/C14H19NO3S/c16-12-6-14-13(17-9-18-14)5-10(12)7-15-8-11-3-1-2-4-19-11/h5-6,11,15-16H,1-4,7-9H2. The molecule has 1 saturated heterocycles. The van der Waals surface area contributed by atoms with Crippen LogP contribution in [0.3, 0.4) is 0 Å². The van der Waals surface area contributed by atoms with Crippen molar-refractivity contribution >= 4 is 11.8 Å². The molecule has 2 N–H and O–H groups in total. The fourth-order valence-electron chi connectivity index (χ4n) is 2.45. The van der Waals surface area contributed by atoms with E-state index in [1.165, 1.54) is 25.0 Å². The summed E-state index contributed by atoms with van der Waals surface area (Å²) >= 11 is 2.05. The second kappa shape index (κ2) is 5.92. The fourth-order valence-corrected chi connectivity index (χ4v) is 3.72. The lowest BCUT2D eigenvalue weighted by Gasteiger charge is -2.21. The molecule has 2 heterocycles. The molecular formula is C14H19NO3S. The number of phenols is 1. The zero-order chi connectivity index (χ0) is 13.1. The minimum Gasteiger partial charge on any atom is -0.507 e. The predicted molar refractivity (Wildman–Crippen MR) is 76.0 cm³/mol. The Hall–Kier alpha value is -1.07. The second-order valence-electron chi connectivity index (χ2n) is 4.95. The van der Waals surface area contributed by atoms with Crippen LogP contribution >= 0.6 is 11.8 Å². The van der Waals surface area contributed by atoms with Gasteiger partial charge in [0.15, 0.2) is 11.5 Å². The van der Waals surface area contributed by atoms with Gasteiger partial charge in [0, 0.05) is 30.0 Å². The van der Waals surface area contributed by atoms with E-state index in [0.29, 0.717) is 17.5 Å². The van der Waals surface area contributed by atoms with Crippen molar-refractivity contribution in [2.75, 3.05) is 19.1 Å². The Morgan fingerprint density at radius 2 is 2.11 bits per heavy atom. The topological polar surface area (TPSA) is 50.7 Å². The molecule has 1 aromatic rings. The van der Waals surface area contributed by atoms with Crippen LogP contribution in [0.2, 0.25) is 0 Å². The third-order valence-corrected chi connectivity index (χ3v) is 4.93. The van der Waals surface area contributed by atoms with Crippen LogP contribution in [-0.4, -0.2) is 29.4 Å². The molecule has 1 unspecified atom stereocenters. The summed E-state index contributed by atoms with van der Waals surface area (Å²) in [4.78, 5) is 0. The van der Waals surface area contributed by atoms with Gasteiger partial charge in [0.05, 0.1) is 0 Å². The van der Waals surface area contributed by atoms with E-state index in [2.05, 4.69) is 17.1 Å². The molecule has 0 saturated carbocycles. The van der Waals surface area contributed by atoms with E-state index < -0.39 is 0 Å². The van der Waals surface area contributed by atoms with Gasteiger partial charge in [-0.1, -0.05) is 6.42 Å². The summed E-state index contributed by atoms with van der Waals surface area (Å²) in [7, 11) is 0. The van der Waals surface area contributed by atoms with Gasteiger partial charge in [-0.2, -0.15) is 11.8 Å². The number of benzene rings is 1. The van der Waals surface area contributed by atoms with E-state index in [1.807, 2.05) is 6.07 Å². The smallest absolute Gasteiger partial charge is 0.231 e. The van der Waals surface area contributed by atoms with Gasteiger partial charge in [0.2, 0.25) is 6.79 Å². The van der Waals surface area contributed by atoms with Crippen molar-refractivity contribution in [2.24, 2.45) is 0 Å². The Bertz CT molecular complexity index is 447. The molecule has 3 rings (SSSR count). The number of hydrogen-bond donors (Lipinski definition) is 2. The van der Waals surface area contributed by atoms with E-state index in [9.17, 15) is 5.11 Å². The van der Waals surface area contributed by atoms with Crippen LogP contribution in [0.25, 0.3) is 0 Å². The molecule has 2 aliphatic rings. The maximum absolute atomic E-state index is 9.93. The average Bonchev–Trinajstić information content (AvgIpc) is 2.87. The third kappa shape index (κ3) is 3.09. The summed E-state index contributed by atoms with van der Waals surface area (Å²) in [5.41, 5.74) is 0.866. The molecule has 5 heteroatoms. The number of phenolic OH excluding ortho intramolecular Hbond substituents is 1. The van der Waals surface area contributed by atoms with Gasteiger partial charge in [0.1, 0.15) is 5.75 Å². The van der Waals surface area contributed by atoms with Gasteiger partial charge < -0.3 is 19.9 Å². The Labute approximate surface area is 117 Å². The first-order valence-electron chi connectivity index (χ1n) is 6.77. The van der Waals surface area contributed by atoms with Crippen LogP contribution in [0.4, 0.5) is 0 Å². The largest absolute Gasteiger partial charge is 0.507 e. The highest BCUT2D eigenvalue weighted by molar-refractivity contribution is 7.99. The number of ether oxygens (including phenoxy) is 2. The first kappa shape index (κ1) is 12.9. The van der Waals surface area contributed by atoms with E-state index in [4.69, 9.17) is 9.47 Å². The van der Waals surface area contributed by atoms with Crippen molar-refractivity contribution in [1.82, 2.24) is 5.32 Å². The normalized spacial score (nSPS) is 21.6. The summed E-state index contributed by atoms with van der Waals surface area (Å²) in [6.07, 6.45) is 3.99. The first-order valence-corrected chi connectivity index (χ1v) is 7.81. The maximum Gasteiger partial charge on any atom is 0.231 e. The summed E-state index contributed by atoms with van der Waals surface area (Å²) < 4.78 is 10.6. The second-order valence-corrected chi connectivity index (χ2v) is 6.36. The van der Waals surface area contributed by atoms with E-state index >= 15 is 0 Å². The molecule has 2 aliphatic heterocycles. The summed E-state index contributed by atoms with van der Waals surface area (Å²) in [6, 6.07) is 3.49. The number of aromatic hydroxyl groups is 1. The molecule has 0 radical (unpaired) electrons. The van der Waals surface area contributed by atoms with Gasteiger partial charge in [-0.05, 0) is 24.7 Å². The van der Waals surface area contributed by atoms with Crippen molar-refractivity contribution in [3.63, 3.8) is 0 Å². The summed E-state index contributed by atoms with van der Waals surface area (Å²) in [5.74, 6) is 2.90. The van der Waals surface area contributed by atoms with Crippen molar-refractivity contribution in [2.45, 2.75) is 31.1 Å². The molecule has 0 bridgehead atoms. The lowest BCUT2D eigenvalue weighted by atomic mass is 10.1. The number of thioether (sulfide) groups is 1. The quantitative estimate of drug-likeness (QED) is 0.888. The van der Waals surface area contributed by atoms with Gasteiger partial charge >= 0.3 is 0 Å². The highest BCUT2D eigenvalue weighted by Gasteiger charge is 2.17. The van der Waals surface area contributed by atoms with E-state index in [-0.39, 0.29) is 12.5 Å². The van der Waals surface area contributed by atoms with Crippen molar-refractivity contribution in [3.05, 3.63) is 17.7 Å². The third-order valence-electron chi connectivity index (χ3n) is 3.54. The molecule has 1 fully saturated rings. The van der Waals surface area contributed by atoms with Gasteiger partial charge in [-0.3, -0.25) is 0 Å². The maximum atomic E-state index is 9.93. The monoisotopic (exact) mass is 281 g/mol. The lowest BCUT2D eigenvalue weighted by Crippen LogP contribution is -2.26.